The van der Waals surface area contributed by atoms with Crippen LogP contribution in [-0.4, -0.2) is 0 Å². The van der Waals surface area contributed by atoms with Crippen LogP contribution in [0.25, 0.3) is 76.8 Å². The summed E-state index contributed by atoms with van der Waals surface area (Å²) in [4.78, 5) is 2.55. The molecule has 0 bridgehead atoms. The maximum Gasteiger partial charge on any atom is 0.0540 e. The van der Waals surface area contributed by atoms with Crippen molar-refractivity contribution in [2.24, 2.45) is 0 Å². The number of hydrogen-bond donors (Lipinski definition) is 0. The molecule has 1 heteroatoms. The minimum Gasteiger partial charge on any atom is -0.309 e. The van der Waals surface area contributed by atoms with Gasteiger partial charge in [-0.15, -0.1) is 0 Å². The van der Waals surface area contributed by atoms with Crippen LogP contribution in [0.5, 0.6) is 0 Å². The number of nitrogens with zero attached hydrogens (tertiary/aromatic N) is 1. The monoisotopic (exact) mass is 781 g/mol. The number of fused-ring (bicyclic) bond motifs is 4. The maximum atomic E-state index is 2.55. The Hall–Kier alpha value is -7.22. The van der Waals surface area contributed by atoms with Crippen molar-refractivity contribution in [3.05, 3.63) is 224 Å². The van der Waals surface area contributed by atoms with Crippen LogP contribution in [-0.2, 0) is 0 Å². The number of benzene rings is 10. The zero-order valence-electron chi connectivity index (χ0n) is 34.3. The Morgan fingerprint density at radius 2 is 0.803 bits per heavy atom. The zero-order chi connectivity index (χ0) is 40.5. The van der Waals surface area contributed by atoms with E-state index in [4.69, 9.17) is 0 Å². The summed E-state index contributed by atoms with van der Waals surface area (Å²) < 4.78 is 0. The second kappa shape index (κ2) is 16.1. The molecule has 0 unspecified atom stereocenters. The molecular weight excluding hydrogens is 735 g/mol. The van der Waals surface area contributed by atoms with E-state index in [0.29, 0.717) is 5.92 Å². The summed E-state index contributed by atoms with van der Waals surface area (Å²) in [7, 11) is 0. The molecule has 1 nitrogen and oxygen atoms in total. The lowest BCUT2D eigenvalue weighted by atomic mass is 9.80. The number of para-hydroxylation sites is 3. The van der Waals surface area contributed by atoms with Gasteiger partial charge in [0.05, 0.1) is 17.1 Å². The Bertz CT molecular complexity index is 3170. The summed E-state index contributed by atoms with van der Waals surface area (Å²) >= 11 is 0. The lowest BCUT2D eigenvalue weighted by Crippen LogP contribution is -2.14. The molecule has 1 fully saturated rings. The standard InChI is InChI=1S/C60H47N/c1-3-18-42(19-4-1)43-36-38-46(39-37-43)49-26-9-12-33-57(49)61(58-34-13-10-27-54(58)52-31-17-30-51-48-25-8-7-22-45(48)40-41-53(51)52)59-35-14-11-28-55(59)56-32-16-24-47-23-15-29-50(60(47)56)44-20-5-2-6-21-44/h1,3-4,7-19,22-41,44H,2,5-6,20-21H2. The molecule has 0 spiro atoms. The molecule has 0 heterocycles. The van der Waals surface area contributed by atoms with Gasteiger partial charge in [-0.05, 0) is 103 Å². The molecule has 1 aliphatic rings. The van der Waals surface area contributed by atoms with Gasteiger partial charge in [-0.1, -0.05) is 219 Å². The van der Waals surface area contributed by atoms with E-state index in [0.717, 1.165) is 17.1 Å². The van der Waals surface area contributed by atoms with Gasteiger partial charge < -0.3 is 4.90 Å². The van der Waals surface area contributed by atoms with E-state index in [1.54, 1.807) is 0 Å². The van der Waals surface area contributed by atoms with Gasteiger partial charge in [0.1, 0.15) is 0 Å². The molecule has 0 aliphatic heterocycles. The fraction of sp³-hybridized carbons (Fsp3) is 0.100. The fourth-order valence-electron chi connectivity index (χ4n) is 10.2. The predicted molar refractivity (Wildman–Crippen MR) is 261 cm³/mol. The van der Waals surface area contributed by atoms with E-state index in [1.165, 1.54) is 114 Å². The van der Waals surface area contributed by atoms with E-state index >= 15 is 0 Å². The quantitative estimate of drug-likeness (QED) is 0.139. The minimum atomic E-state index is 0.574. The third-order valence-electron chi connectivity index (χ3n) is 13.1. The van der Waals surface area contributed by atoms with Gasteiger partial charge >= 0.3 is 0 Å². The molecule has 0 amide bonds. The van der Waals surface area contributed by atoms with E-state index in [-0.39, 0.29) is 0 Å². The molecule has 292 valence electrons. The highest BCUT2D eigenvalue weighted by molar-refractivity contribution is 6.14. The van der Waals surface area contributed by atoms with Crippen molar-refractivity contribution in [2.45, 2.75) is 38.0 Å². The number of anilines is 3. The van der Waals surface area contributed by atoms with Crippen LogP contribution < -0.4 is 4.90 Å². The highest BCUT2D eigenvalue weighted by atomic mass is 15.1. The van der Waals surface area contributed by atoms with Crippen LogP contribution in [0.3, 0.4) is 0 Å². The first-order valence-corrected chi connectivity index (χ1v) is 22.0. The van der Waals surface area contributed by atoms with Crippen LogP contribution in [0.4, 0.5) is 17.1 Å². The van der Waals surface area contributed by atoms with Crippen molar-refractivity contribution in [1.29, 1.82) is 0 Å². The summed E-state index contributed by atoms with van der Waals surface area (Å²) in [6.07, 6.45) is 6.46. The van der Waals surface area contributed by atoms with Crippen molar-refractivity contribution < 1.29 is 0 Å². The molecule has 0 radical (unpaired) electrons. The van der Waals surface area contributed by atoms with Crippen molar-refractivity contribution in [1.82, 2.24) is 0 Å². The van der Waals surface area contributed by atoms with Crippen LogP contribution in [0.1, 0.15) is 43.6 Å². The van der Waals surface area contributed by atoms with Crippen molar-refractivity contribution in [2.75, 3.05) is 4.90 Å². The molecule has 0 atom stereocenters. The van der Waals surface area contributed by atoms with Crippen molar-refractivity contribution >= 4 is 49.4 Å². The van der Waals surface area contributed by atoms with E-state index in [2.05, 4.69) is 223 Å². The molecule has 61 heavy (non-hydrogen) atoms. The highest BCUT2D eigenvalue weighted by Crippen LogP contribution is 2.50. The lowest BCUT2D eigenvalue weighted by Gasteiger charge is -2.32. The normalized spacial score (nSPS) is 13.2. The Labute approximate surface area is 359 Å². The first-order chi connectivity index (χ1) is 30.3. The lowest BCUT2D eigenvalue weighted by molar-refractivity contribution is 0.445. The Morgan fingerprint density at radius 3 is 1.56 bits per heavy atom. The van der Waals surface area contributed by atoms with Crippen LogP contribution in [0.15, 0.2) is 218 Å². The van der Waals surface area contributed by atoms with Gasteiger partial charge in [0, 0.05) is 16.7 Å². The topological polar surface area (TPSA) is 3.24 Å². The largest absolute Gasteiger partial charge is 0.309 e. The Balaban J connectivity index is 1.17. The second-order valence-electron chi connectivity index (χ2n) is 16.6. The molecular formula is C60H47N. The smallest absolute Gasteiger partial charge is 0.0540 e. The van der Waals surface area contributed by atoms with Gasteiger partial charge in [-0.25, -0.2) is 0 Å². The average molecular weight is 782 g/mol. The van der Waals surface area contributed by atoms with Gasteiger partial charge in [0.25, 0.3) is 0 Å². The number of rotatable bonds is 8. The molecule has 0 aromatic heterocycles. The van der Waals surface area contributed by atoms with Gasteiger partial charge in [0.15, 0.2) is 0 Å². The minimum absolute atomic E-state index is 0.574. The molecule has 11 rings (SSSR count). The second-order valence-corrected chi connectivity index (χ2v) is 16.6. The Morgan fingerprint density at radius 1 is 0.295 bits per heavy atom. The molecule has 10 aromatic carbocycles. The van der Waals surface area contributed by atoms with Crippen LogP contribution in [0, 0.1) is 0 Å². The van der Waals surface area contributed by atoms with Crippen molar-refractivity contribution in [3.63, 3.8) is 0 Å². The first-order valence-electron chi connectivity index (χ1n) is 22.0. The van der Waals surface area contributed by atoms with E-state index in [1.807, 2.05) is 0 Å². The van der Waals surface area contributed by atoms with Gasteiger partial charge in [0.2, 0.25) is 0 Å². The molecule has 1 saturated carbocycles. The summed E-state index contributed by atoms with van der Waals surface area (Å²) in [6.45, 7) is 0. The van der Waals surface area contributed by atoms with Gasteiger partial charge in [-0.3, -0.25) is 0 Å². The maximum absolute atomic E-state index is 2.55. The van der Waals surface area contributed by atoms with Crippen LogP contribution in [0.2, 0.25) is 0 Å². The summed E-state index contributed by atoms with van der Waals surface area (Å²) in [5.74, 6) is 0.574. The van der Waals surface area contributed by atoms with Crippen molar-refractivity contribution in [3.8, 4) is 44.5 Å². The first kappa shape index (κ1) is 36.8. The van der Waals surface area contributed by atoms with Crippen LogP contribution >= 0.6 is 0 Å². The Kier molecular flexibility index (Phi) is 9.71. The average Bonchev–Trinajstić information content (AvgIpc) is 3.34. The zero-order valence-corrected chi connectivity index (χ0v) is 34.3. The van der Waals surface area contributed by atoms with E-state index < -0.39 is 0 Å². The predicted octanol–water partition coefficient (Wildman–Crippen LogP) is 17.3. The summed E-state index contributed by atoms with van der Waals surface area (Å²) in [5, 5.41) is 7.74. The molecule has 0 saturated heterocycles. The third kappa shape index (κ3) is 6.77. The molecule has 0 N–H and O–H groups in total. The summed E-state index contributed by atoms with van der Waals surface area (Å²) in [5.41, 5.74) is 14.6. The van der Waals surface area contributed by atoms with E-state index in [9.17, 15) is 0 Å². The SMILES string of the molecule is c1ccc(-c2ccc(-c3ccccc3N(c3ccccc3-c3cccc4c3ccc3ccccc34)c3ccccc3-c3cccc4cccc(C5CCCCC5)c34)cc2)cc1. The summed E-state index contributed by atoms with van der Waals surface area (Å²) in [6, 6.07) is 80.9. The number of hydrogen-bond acceptors (Lipinski definition) is 1. The highest BCUT2D eigenvalue weighted by Gasteiger charge is 2.26. The fourth-order valence-corrected chi connectivity index (χ4v) is 10.2. The third-order valence-corrected chi connectivity index (χ3v) is 13.1. The molecule has 10 aromatic rings. The van der Waals surface area contributed by atoms with Gasteiger partial charge in [-0.2, -0.15) is 0 Å². The molecule has 1 aliphatic carbocycles.